The summed E-state index contributed by atoms with van der Waals surface area (Å²) in [5.74, 6) is 0.775. The van der Waals surface area contributed by atoms with Crippen molar-refractivity contribution in [2.45, 2.75) is 71.1 Å². The van der Waals surface area contributed by atoms with Crippen LogP contribution in [-0.4, -0.2) is 11.0 Å². The summed E-state index contributed by atoms with van der Waals surface area (Å²) in [5, 5.41) is 3.75. The van der Waals surface area contributed by atoms with Gasteiger partial charge in [0.25, 0.3) is 0 Å². The highest BCUT2D eigenvalue weighted by Crippen LogP contribution is 2.39. The van der Waals surface area contributed by atoms with E-state index in [0.29, 0.717) is 20.6 Å². The van der Waals surface area contributed by atoms with Crippen molar-refractivity contribution in [3.8, 4) is 0 Å². The molecule has 0 saturated heterocycles. The highest BCUT2D eigenvalue weighted by atomic mass is 35.5. The summed E-state index contributed by atoms with van der Waals surface area (Å²) < 4.78 is 0. The van der Waals surface area contributed by atoms with Gasteiger partial charge in [-0.2, -0.15) is 0 Å². The SMILES string of the molecule is CCCC1CCC(C(=O)Nc2cc(Cl)c(Cl)cc2SC(=O)C(C)(C)C)CC1. The average Bonchev–Trinajstić information content (AvgIpc) is 2.59. The summed E-state index contributed by atoms with van der Waals surface area (Å²) in [7, 11) is 0. The van der Waals surface area contributed by atoms with E-state index in [1.807, 2.05) is 20.8 Å². The van der Waals surface area contributed by atoms with Crippen LogP contribution >= 0.6 is 35.0 Å². The van der Waals surface area contributed by atoms with Crippen molar-refractivity contribution in [2.75, 3.05) is 5.32 Å². The third kappa shape index (κ3) is 6.40. The van der Waals surface area contributed by atoms with Gasteiger partial charge in [0, 0.05) is 16.2 Å². The van der Waals surface area contributed by atoms with E-state index in [1.54, 1.807) is 12.1 Å². The fourth-order valence-corrected chi connectivity index (χ4v) is 4.61. The minimum absolute atomic E-state index is 0.00777. The van der Waals surface area contributed by atoms with Crippen molar-refractivity contribution in [1.82, 2.24) is 0 Å². The zero-order valence-corrected chi connectivity index (χ0v) is 18.9. The van der Waals surface area contributed by atoms with Crippen molar-refractivity contribution in [1.29, 1.82) is 0 Å². The van der Waals surface area contributed by atoms with Crippen LogP contribution in [0.4, 0.5) is 5.69 Å². The zero-order chi connectivity index (χ0) is 20.2. The Bertz CT molecular complexity index is 692. The molecule has 0 atom stereocenters. The van der Waals surface area contributed by atoms with Crippen molar-refractivity contribution in [3.63, 3.8) is 0 Å². The van der Waals surface area contributed by atoms with Gasteiger partial charge in [-0.05, 0) is 55.5 Å². The molecule has 3 nitrogen and oxygen atoms in total. The Kier molecular flexibility index (Phi) is 8.08. The van der Waals surface area contributed by atoms with Gasteiger partial charge < -0.3 is 5.32 Å². The Labute approximate surface area is 177 Å². The van der Waals surface area contributed by atoms with Gasteiger partial charge in [0.15, 0.2) is 5.12 Å². The number of carbonyl (C=O) groups is 2. The molecule has 1 aliphatic carbocycles. The second-order valence-corrected chi connectivity index (χ2v) is 10.2. The lowest BCUT2D eigenvalue weighted by Crippen LogP contribution is -2.27. The molecule has 0 unspecified atom stereocenters. The van der Waals surface area contributed by atoms with Crippen LogP contribution < -0.4 is 5.32 Å². The van der Waals surface area contributed by atoms with E-state index < -0.39 is 5.41 Å². The van der Waals surface area contributed by atoms with E-state index in [4.69, 9.17) is 23.2 Å². The maximum absolute atomic E-state index is 12.8. The van der Waals surface area contributed by atoms with E-state index in [1.165, 1.54) is 12.8 Å². The Balaban J connectivity index is 2.12. The lowest BCUT2D eigenvalue weighted by Gasteiger charge is -2.28. The molecule has 1 aromatic rings. The van der Waals surface area contributed by atoms with Crippen LogP contribution in [0, 0.1) is 17.3 Å². The van der Waals surface area contributed by atoms with Gasteiger partial charge in [-0.15, -0.1) is 0 Å². The standard InChI is InChI=1S/C21H29Cl2NO2S/c1-5-6-13-7-9-14(10-8-13)19(25)24-17-11-15(22)16(23)12-18(17)27-20(26)21(2,3)4/h11-14H,5-10H2,1-4H3,(H,24,25). The molecular formula is C21H29Cl2NO2S. The number of benzene rings is 1. The van der Waals surface area contributed by atoms with Gasteiger partial charge in [0.2, 0.25) is 5.91 Å². The molecule has 1 amide bonds. The lowest BCUT2D eigenvalue weighted by molar-refractivity contribution is -0.121. The second-order valence-electron chi connectivity index (χ2n) is 8.40. The normalized spacial score (nSPS) is 20.4. The fraction of sp³-hybridized carbons (Fsp3) is 0.619. The predicted molar refractivity (Wildman–Crippen MR) is 116 cm³/mol. The first kappa shape index (κ1) is 22.6. The van der Waals surface area contributed by atoms with E-state index in [9.17, 15) is 9.59 Å². The number of rotatable bonds is 5. The Morgan fingerprint density at radius 1 is 1.11 bits per heavy atom. The molecule has 1 aromatic carbocycles. The van der Waals surface area contributed by atoms with Gasteiger partial charge in [-0.1, -0.05) is 63.7 Å². The van der Waals surface area contributed by atoms with Gasteiger partial charge in [0.1, 0.15) is 0 Å². The summed E-state index contributed by atoms with van der Waals surface area (Å²) >= 11 is 13.4. The third-order valence-electron chi connectivity index (χ3n) is 5.01. The molecular weight excluding hydrogens is 401 g/mol. The van der Waals surface area contributed by atoms with Crippen LogP contribution in [0.1, 0.15) is 66.2 Å². The average molecular weight is 430 g/mol. The topological polar surface area (TPSA) is 46.2 Å². The van der Waals surface area contributed by atoms with Gasteiger partial charge in [-0.3, -0.25) is 9.59 Å². The minimum Gasteiger partial charge on any atom is -0.325 e. The predicted octanol–water partition coefficient (Wildman–Crippen LogP) is 7.20. The molecule has 6 heteroatoms. The van der Waals surface area contributed by atoms with Crippen LogP contribution in [0.15, 0.2) is 17.0 Å². The number of hydrogen-bond acceptors (Lipinski definition) is 3. The molecule has 1 saturated carbocycles. The second kappa shape index (κ2) is 9.67. The monoisotopic (exact) mass is 429 g/mol. The first-order valence-corrected chi connectivity index (χ1v) is 11.2. The van der Waals surface area contributed by atoms with Gasteiger partial charge in [0.05, 0.1) is 15.7 Å². The van der Waals surface area contributed by atoms with Crippen LogP contribution in [0.3, 0.4) is 0 Å². The number of anilines is 1. The summed E-state index contributed by atoms with van der Waals surface area (Å²) in [4.78, 5) is 25.9. The molecule has 0 spiro atoms. The minimum atomic E-state index is -0.490. The zero-order valence-electron chi connectivity index (χ0n) is 16.5. The maximum Gasteiger partial charge on any atom is 0.227 e. The van der Waals surface area contributed by atoms with Crippen molar-refractivity contribution < 1.29 is 9.59 Å². The Morgan fingerprint density at radius 3 is 2.26 bits per heavy atom. The van der Waals surface area contributed by atoms with Crippen LogP contribution in [0.25, 0.3) is 0 Å². The smallest absolute Gasteiger partial charge is 0.227 e. The first-order valence-electron chi connectivity index (χ1n) is 9.64. The molecule has 0 heterocycles. The summed E-state index contributed by atoms with van der Waals surface area (Å²) in [5.41, 5.74) is 0.0723. The lowest BCUT2D eigenvalue weighted by atomic mass is 9.80. The van der Waals surface area contributed by atoms with Gasteiger partial charge >= 0.3 is 0 Å². The Morgan fingerprint density at radius 2 is 1.70 bits per heavy atom. The number of carbonyl (C=O) groups excluding carboxylic acids is 2. The Hall–Kier alpha value is -0.710. The molecule has 1 N–H and O–H groups in total. The molecule has 150 valence electrons. The molecule has 2 rings (SSSR count). The molecule has 0 bridgehead atoms. The van der Waals surface area contributed by atoms with Gasteiger partial charge in [-0.25, -0.2) is 0 Å². The van der Waals surface area contributed by atoms with Crippen LogP contribution in [0.2, 0.25) is 10.0 Å². The number of halogens is 2. The van der Waals surface area contributed by atoms with Crippen LogP contribution in [-0.2, 0) is 9.59 Å². The number of thioether (sulfide) groups is 1. The molecule has 0 aromatic heterocycles. The summed E-state index contributed by atoms with van der Waals surface area (Å²) in [6.45, 7) is 7.81. The third-order valence-corrected chi connectivity index (χ3v) is 7.09. The molecule has 0 aliphatic heterocycles. The maximum atomic E-state index is 12.8. The molecule has 1 fully saturated rings. The van der Waals surface area contributed by atoms with Crippen molar-refractivity contribution in [3.05, 3.63) is 22.2 Å². The van der Waals surface area contributed by atoms with E-state index in [0.717, 1.165) is 43.4 Å². The molecule has 1 aliphatic rings. The van der Waals surface area contributed by atoms with Crippen molar-refractivity contribution in [2.24, 2.45) is 17.3 Å². The highest BCUT2D eigenvalue weighted by Gasteiger charge is 2.28. The summed E-state index contributed by atoms with van der Waals surface area (Å²) in [6.07, 6.45) is 6.50. The fourth-order valence-electron chi connectivity index (χ4n) is 3.32. The molecule has 0 radical (unpaired) electrons. The highest BCUT2D eigenvalue weighted by molar-refractivity contribution is 8.13. The van der Waals surface area contributed by atoms with E-state index in [2.05, 4.69) is 12.2 Å². The number of nitrogens with one attached hydrogen (secondary N) is 1. The summed E-state index contributed by atoms with van der Waals surface area (Å²) in [6, 6.07) is 3.30. The van der Waals surface area contributed by atoms with E-state index >= 15 is 0 Å². The quantitative estimate of drug-likeness (QED) is 0.502. The number of amides is 1. The van der Waals surface area contributed by atoms with Crippen LogP contribution in [0.5, 0.6) is 0 Å². The first-order chi connectivity index (χ1) is 12.6. The number of hydrogen-bond donors (Lipinski definition) is 1. The van der Waals surface area contributed by atoms with E-state index in [-0.39, 0.29) is 16.9 Å². The molecule has 27 heavy (non-hydrogen) atoms. The van der Waals surface area contributed by atoms with Crippen molar-refractivity contribution >= 4 is 51.7 Å². The largest absolute Gasteiger partial charge is 0.325 e.